The Bertz CT molecular complexity index is 1170. The molecule has 0 unspecified atom stereocenters. The molecule has 0 saturated heterocycles. The molecule has 31 heavy (non-hydrogen) atoms. The largest absolute Gasteiger partial charge is 0.491 e. The monoisotopic (exact) mass is 416 g/mol. The van der Waals surface area contributed by atoms with E-state index in [1.807, 2.05) is 78.2 Å². The Morgan fingerprint density at radius 2 is 1.61 bits per heavy atom. The van der Waals surface area contributed by atoms with Crippen molar-refractivity contribution < 1.29 is 14.6 Å². The predicted molar refractivity (Wildman–Crippen MR) is 123 cm³/mol. The van der Waals surface area contributed by atoms with Crippen molar-refractivity contribution in [3.8, 4) is 11.5 Å². The number of aliphatic hydroxyl groups excluding tert-OH is 1. The SMILES string of the molecule is Cc1ccc(OCc2nc3ccccc3n2C[C@H](O)COc2ccc(C)c(C)c2)cc1. The van der Waals surface area contributed by atoms with Crippen molar-refractivity contribution in [3.63, 3.8) is 0 Å². The van der Waals surface area contributed by atoms with Crippen LogP contribution in [0.5, 0.6) is 11.5 Å². The fraction of sp³-hybridized carbons (Fsp3) is 0.269. The van der Waals surface area contributed by atoms with Gasteiger partial charge in [0.2, 0.25) is 0 Å². The van der Waals surface area contributed by atoms with E-state index in [-0.39, 0.29) is 6.61 Å². The van der Waals surface area contributed by atoms with Crippen molar-refractivity contribution in [1.82, 2.24) is 9.55 Å². The first-order valence-electron chi connectivity index (χ1n) is 10.5. The van der Waals surface area contributed by atoms with Gasteiger partial charge in [0.05, 0.1) is 17.6 Å². The fourth-order valence-electron chi connectivity index (χ4n) is 3.48. The second-order valence-electron chi connectivity index (χ2n) is 7.94. The number of aryl methyl sites for hydroxylation is 3. The van der Waals surface area contributed by atoms with E-state index < -0.39 is 6.10 Å². The standard InChI is InChI=1S/C26H28N2O3/c1-18-8-11-22(12-9-18)31-17-26-27-24-6-4-5-7-25(24)28(26)15-21(29)16-30-23-13-10-19(2)20(3)14-23/h4-14,21,29H,15-17H2,1-3H3/t21-/m0/s1. The minimum atomic E-state index is -0.683. The Morgan fingerprint density at radius 1 is 0.871 bits per heavy atom. The van der Waals surface area contributed by atoms with Crippen molar-refractivity contribution in [3.05, 3.63) is 89.2 Å². The molecule has 0 aliphatic carbocycles. The molecule has 0 radical (unpaired) electrons. The molecule has 4 aromatic rings. The van der Waals surface area contributed by atoms with Crippen LogP contribution in [0, 0.1) is 20.8 Å². The van der Waals surface area contributed by atoms with Gasteiger partial charge in [0.15, 0.2) is 0 Å². The van der Waals surface area contributed by atoms with Crippen LogP contribution in [0.4, 0.5) is 0 Å². The second-order valence-corrected chi connectivity index (χ2v) is 7.94. The van der Waals surface area contributed by atoms with Crippen LogP contribution in [-0.2, 0) is 13.2 Å². The van der Waals surface area contributed by atoms with E-state index in [0.717, 1.165) is 28.4 Å². The number of ether oxygens (including phenoxy) is 2. The first-order valence-corrected chi connectivity index (χ1v) is 10.5. The first kappa shape index (κ1) is 20.9. The van der Waals surface area contributed by atoms with Crippen molar-refractivity contribution in [2.24, 2.45) is 0 Å². The molecule has 0 bridgehead atoms. The molecule has 5 heteroatoms. The normalized spacial score (nSPS) is 12.1. The molecule has 0 amide bonds. The molecule has 0 aliphatic heterocycles. The molecule has 0 fully saturated rings. The van der Waals surface area contributed by atoms with Crippen molar-refractivity contribution in [1.29, 1.82) is 0 Å². The first-order chi connectivity index (χ1) is 15.0. The van der Waals surface area contributed by atoms with Gasteiger partial charge >= 0.3 is 0 Å². The van der Waals surface area contributed by atoms with E-state index in [2.05, 4.69) is 13.8 Å². The number of fused-ring (bicyclic) bond motifs is 1. The van der Waals surface area contributed by atoms with Gasteiger partial charge in [0.1, 0.15) is 36.6 Å². The topological polar surface area (TPSA) is 56.5 Å². The van der Waals surface area contributed by atoms with Gasteiger partial charge in [-0.2, -0.15) is 0 Å². The molecular formula is C26H28N2O3. The van der Waals surface area contributed by atoms with Gasteiger partial charge in [-0.05, 0) is 68.3 Å². The quantitative estimate of drug-likeness (QED) is 0.440. The second kappa shape index (κ2) is 9.23. The number of hydrogen-bond donors (Lipinski definition) is 1. The Hall–Kier alpha value is -3.31. The molecule has 0 saturated carbocycles. The van der Waals surface area contributed by atoms with E-state index >= 15 is 0 Å². The number of aliphatic hydroxyl groups is 1. The van der Waals surface area contributed by atoms with Gasteiger partial charge in [0, 0.05) is 0 Å². The molecule has 160 valence electrons. The molecule has 1 atom stereocenters. The Kier molecular flexibility index (Phi) is 6.23. The molecule has 1 heterocycles. The van der Waals surface area contributed by atoms with E-state index in [4.69, 9.17) is 14.5 Å². The summed E-state index contributed by atoms with van der Waals surface area (Å²) in [5, 5.41) is 10.7. The number of nitrogens with zero attached hydrogens (tertiary/aromatic N) is 2. The van der Waals surface area contributed by atoms with Gasteiger partial charge in [-0.3, -0.25) is 0 Å². The van der Waals surface area contributed by atoms with Crippen LogP contribution >= 0.6 is 0 Å². The van der Waals surface area contributed by atoms with E-state index in [1.54, 1.807) is 0 Å². The van der Waals surface area contributed by atoms with E-state index in [9.17, 15) is 5.11 Å². The number of hydrogen-bond acceptors (Lipinski definition) is 4. The van der Waals surface area contributed by atoms with E-state index in [0.29, 0.717) is 13.2 Å². The lowest BCUT2D eigenvalue weighted by atomic mass is 10.1. The third-order valence-electron chi connectivity index (χ3n) is 5.44. The molecule has 5 nitrogen and oxygen atoms in total. The highest BCUT2D eigenvalue weighted by Gasteiger charge is 2.15. The maximum absolute atomic E-state index is 10.7. The summed E-state index contributed by atoms with van der Waals surface area (Å²) in [7, 11) is 0. The van der Waals surface area contributed by atoms with Crippen molar-refractivity contribution >= 4 is 11.0 Å². The summed E-state index contributed by atoms with van der Waals surface area (Å²) in [5.74, 6) is 2.33. The highest BCUT2D eigenvalue weighted by atomic mass is 16.5. The van der Waals surface area contributed by atoms with Gasteiger partial charge < -0.3 is 19.1 Å². The number of aromatic nitrogens is 2. The zero-order valence-corrected chi connectivity index (χ0v) is 18.2. The lowest BCUT2D eigenvalue weighted by Crippen LogP contribution is -2.25. The summed E-state index contributed by atoms with van der Waals surface area (Å²) >= 11 is 0. The minimum absolute atomic E-state index is 0.202. The molecule has 4 rings (SSSR count). The number of para-hydroxylation sites is 2. The van der Waals surface area contributed by atoms with Gasteiger partial charge in [-0.15, -0.1) is 0 Å². The van der Waals surface area contributed by atoms with Gasteiger partial charge in [-0.1, -0.05) is 35.9 Å². The van der Waals surface area contributed by atoms with Gasteiger partial charge in [-0.25, -0.2) is 4.98 Å². The van der Waals surface area contributed by atoms with Crippen LogP contribution in [0.1, 0.15) is 22.5 Å². The smallest absolute Gasteiger partial charge is 0.148 e. The van der Waals surface area contributed by atoms with Crippen LogP contribution in [-0.4, -0.2) is 27.4 Å². The fourth-order valence-corrected chi connectivity index (χ4v) is 3.48. The zero-order valence-electron chi connectivity index (χ0n) is 18.2. The average Bonchev–Trinajstić information content (AvgIpc) is 3.11. The summed E-state index contributed by atoms with van der Waals surface area (Å²) in [5.41, 5.74) is 5.42. The highest BCUT2D eigenvalue weighted by molar-refractivity contribution is 5.75. The maximum Gasteiger partial charge on any atom is 0.148 e. The van der Waals surface area contributed by atoms with Crippen molar-refractivity contribution in [2.45, 2.75) is 40.0 Å². The third kappa shape index (κ3) is 5.06. The number of rotatable bonds is 8. The maximum atomic E-state index is 10.7. The van der Waals surface area contributed by atoms with Crippen LogP contribution in [0.2, 0.25) is 0 Å². The predicted octanol–water partition coefficient (Wildman–Crippen LogP) is 4.98. The molecule has 0 spiro atoms. The molecule has 0 aliphatic rings. The van der Waals surface area contributed by atoms with E-state index in [1.165, 1.54) is 16.7 Å². The Balaban J connectivity index is 1.47. The molecule has 3 aromatic carbocycles. The summed E-state index contributed by atoms with van der Waals surface area (Å²) in [4.78, 5) is 4.72. The lowest BCUT2D eigenvalue weighted by Gasteiger charge is -2.16. The van der Waals surface area contributed by atoms with Crippen LogP contribution < -0.4 is 9.47 Å². The molecular weight excluding hydrogens is 388 g/mol. The summed E-state index contributed by atoms with van der Waals surface area (Å²) in [6, 6.07) is 21.8. The summed E-state index contributed by atoms with van der Waals surface area (Å²) < 4.78 is 13.8. The highest BCUT2D eigenvalue weighted by Crippen LogP contribution is 2.20. The summed E-state index contributed by atoms with van der Waals surface area (Å²) in [6.45, 7) is 7.06. The minimum Gasteiger partial charge on any atom is -0.491 e. The van der Waals surface area contributed by atoms with Crippen LogP contribution in [0.15, 0.2) is 66.7 Å². The molecule has 1 aromatic heterocycles. The number of benzene rings is 3. The van der Waals surface area contributed by atoms with Crippen LogP contribution in [0.3, 0.4) is 0 Å². The Morgan fingerprint density at radius 3 is 2.39 bits per heavy atom. The summed E-state index contributed by atoms with van der Waals surface area (Å²) in [6.07, 6.45) is -0.683. The average molecular weight is 417 g/mol. The molecule has 1 N–H and O–H groups in total. The van der Waals surface area contributed by atoms with Crippen LogP contribution in [0.25, 0.3) is 11.0 Å². The number of imidazole rings is 1. The Labute approximate surface area is 182 Å². The lowest BCUT2D eigenvalue weighted by molar-refractivity contribution is 0.0917. The zero-order chi connectivity index (χ0) is 21.8. The van der Waals surface area contributed by atoms with Gasteiger partial charge in [0.25, 0.3) is 0 Å². The third-order valence-corrected chi connectivity index (χ3v) is 5.44. The van der Waals surface area contributed by atoms with Crippen molar-refractivity contribution in [2.75, 3.05) is 6.61 Å².